The second-order valence-corrected chi connectivity index (χ2v) is 4.04. The van der Waals surface area contributed by atoms with E-state index in [4.69, 9.17) is 0 Å². The van der Waals surface area contributed by atoms with E-state index >= 15 is 0 Å². The van der Waals surface area contributed by atoms with E-state index in [0.717, 1.165) is 0 Å². The Morgan fingerprint density at radius 2 is 1.71 bits per heavy atom. The van der Waals surface area contributed by atoms with Crippen molar-refractivity contribution in [1.82, 2.24) is 0 Å². The Morgan fingerprint density at radius 3 is 2.29 bits per heavy atom. The van der Waals surface area contributed by atoms with Crippen LogP contribution in [-0.4, -0.2) is 16.5 Å². The number of hydrogen-bond acceptors (Lipinski definition) is 4. The number of nitrogens with zero attached hydrogens (tertiary/aromatic N) is 1. The molecule has 0 heterocycles. The van der Waals surface area contributed by atoms with Crippen LogP contribution in [-0.2, 0) is 9.59 Å². The Hall–Kier alpha value is -2.04. The summed E-state index contributed by atoms with van der Waals surface area (Å²) >= 11 is 0. The number of nitro groups is 1. The van der Waals surface area contributed by atoms with Crippen molar-refractivity contribution >= 4 is 17.3 Å². The van der Waals surface area contributed by atoms with Crippen LogP contribution in [0.3, 0.4) is 0 Å². The fourth-order valence-electron chi connectivity index (χ4n) is 2.15. The zero-order chi connectivity index (χ0) is 12.4. The van der Waals surface area contributed by atoms with E-state index in [1.54, 1.807) is 6.07 Å². The van der Waals surface area contributed by atoms with Gasteiger partial charge in [-0.15, -0.1) is 0 Å². The number of para-hydroxylation sites is 1. The van der Waals surface area contributed by atoms with Gasteiger partial charge in [0.2, 0.25) is 0 Å². The molecule has 88 valence electrons. The van der Waals surface area contributed by atoms with Crippen LogP contribution in [0.25, 0.3) is 0 Å². The van der Waals surface area contributed by atoms with Crippen molar-refractivity contribution < 1.29 is 14.5 Å². The maximum atomic E-state index is 11.7. The molecule has 1 saturated carbocycles. The molecule has 0 aromatic heterocycles. The zero-order valence-corrected chi connectivity index (χ0v) is 9.09. The van der Waals surface area contributed by atoms with Gasteiger partial charge in [0.25, 0.3) is 5.69 Å². The van der Waals surface area contributed by atoms with E-state index in [2.05, 4.69) is 0 Å². The summed E-state index contributed by atoms with van der Waals surface area (Å²) in [7, 11) is 0. The Morgan fingerprint density at radius 1 is 1.12 bits per heavy atom. The first-order chi connectivity index (χ1) is 8.11. The second-order valence-electron chi connectivity index (χ2n) is 4.04. The van der Waals surface area contributed by atoms with Gasteiger partial charge in [0.05, 0.1) is 4.92 Å². The molecule has 0 bridgehead atoms. The number of nitro benzene ring substituents is 1. The number of hydrogen-bond donors (Lipinski definition) is 0. The summed E-state index contributed by atoms with van der Waals surface area (Å²) < 4.78 is 0. The number of carbonyl (C=O) groups excluding carboxylic acids is 2. The van der Waals surface area contributed by atoms with Gasteiger partial charge in [-0.3, -0.25) is 19.7 Å². The smallest absolute Gasteiger partial charge is 0.273 e. The SMILES string of the molecule is O=C1CCCC(=O)C1c1ccccc1[N+](=O)[O-]. The number of rotatable bonds is 2. The van der Waals surface area contributed by atoms with E-state index in [1.165, 1.54) is 18.2 Å². The largest absolute Gasteiger partial charge is 0.299 e. The van der Waals surface area contributed by atoms with Gasteiger partial charge in [0, 0.05) is 24.5 Å². The lowest BCUT2D eigenvalue weighted by molar-refractivity contribution is -0.385. The highest BCUT2D eigenvalue weighted by atomic mass is 16.6. The van der Waals surface area contributed by atoms with Gasteiger partial charge in [0.1, 0.15) is 17.5 Å². The molecule has 5 nitrogen and oxygen atoms in total. The third kappa shape index (κ3) is 2.08. The van der Waals surface area contributed by atoms with Gasteiger partial charge in [0.15, 0.2) is 0 Å². The quantitative estimate of drug-likeness (QED) is 0.444. The lowest BCUT2D eigenvalue weighted by Gasteiger charge is -2.19. The molecule has 0 spiro atoms. The van der Waals surface area contributed by atoms with Crippen molar-refractivity contribution in [3.8, 4) is 0 Å². The maximum absolute atomic E-state index is 11.7. The molecule has 2 rings (SSSR count). The van der Waals surface area contributed by atoms with E-state index in [1.807, 2.05) is 0 Å². The van der Waals surface area contributed by atoms with Crippen molar-refractivity contribution in [3.05, 3.63) is 39.9 Å². The van der Waals surface area contributed by atoms with Crippen LogP contribution in [0.5, 0.6) is 0 Å². The summed E-state index contributed by atoms with van der Waals surface area (Å²) in [5.41, 5.74) is 0.0771. The molecular formula is C12H11NO4. The summed E-state index contributed by atoms with van der Waals surface area (Å²) in [5, 5.41) is 10.9. The highest BCUT2D eigenvalue weighted by Crippen LogP contribution is 2.32. The Kier molecular flexibility index (Phi) is 2.99. The lowest BCUT2D eigenvalue weighted by Crippen LogP contribution is -2.27. The molecule has 1 aliphatic rings. The van der Waals surface area contributed by atoms with E-state index in [9.17, 15) is 19.7 Å². The standard InChI is InChI=1S/C12H11NO4/c14-10-6-3-7-11(15)12(10)8-4-1-2-5-9(8)13(16)17/h1-2,4-5,12H,3,6-7H2. The van der Waals surface area contributed by atoms with Crippen LogP contribution >= 0.6 is 0 Å². The molecular weight excluding hydrogens is 222 g/mol. The van der Waals surface area contributed by atoms with Crippen LogP contribution < -0.4 is 0 Å². The monoisotopic (exact) mass is 233 g/mol. The Balaban J connectivity index is 2.48. The first-order valence-corrected chi connectivity index (χ1v) is 5.40. The molecule has 0 atom stereocenters. The number of carbonyl (C=O) groups is 2. The minimum atomic E-state index is -0.939. The Bertz CT molecular complexity index is 479. The van der Waals surface area contributed by atoms with Crippen molar-refractivity contribution in [3.63, 3.8) is 0 Å². The predicted octanol–water partition coefficient (Wildman–Crippen LogP) is 2.00. The molecule has 0 N–H and O–H groups in total. The summed E-state index contributed by atoms with van der Waals surface area (Å²) in [6.45, 7) is 0. The highest BCUT2D eigenvalue weighted by Gasteiger charge is 2.35. The van der Waals surface area contributed by atoms with Gasteiger partial charge in [-0.05, 0) is 6.42 Å². The van der Waals surface area contributed by atoms with Crippen molar-refractivity contribution in [2.24, 2.45) is 0 Å². The van der Waals surface area contributed by atoms with Gasteiger partial charge in [-0.2, -0.15) is 0 Å². The molecule has 5 heteroatoms. The first-order valence-electron chi connectivity index (χ1n) is 5.40. The van der Waals surface area contributed by atoms with Crippen LogP contribution in [0, 0.1) is 10.1 Å². The van der Waals surface area contributed by atoms with Crippen molar-refractivity contribution in [1.29, 1.82) is 0 Å². The molecule has 1 aromatic rings. The normalized spacial score (nSPS) is 17.2. The molecule has 0 unspecified atom stereocenters. The number of ketones is 2. The fraction of sp³-hybridized carbons (Fsp3) is 0.333. The molecule has 17 heavy (non-hydrogen) atoms. The van der Waals surface area contributed by atoms with Crippen molar-refractivity contribution in [2.45, 2.75) is 25.2 Å². The molecule has 0 radical (unpaired) electrons. The molecule has 1 aromatic carbocycles. The molecule has 1 fully saturated rings. The van der Waals surface area contributed by atoms with Crippen LogP contribution in [0.15, 0.2) is 24.3 Å². The van der Waals surface area contributed by atoms with Gasteiger partial charge >= 0.3 is 0 Å². The highest BCUT2D eigenvalue weighted by molar-refractivity contribution is 6.10. The van der Waals surface area contributed by atoms with E-state index in [0.29, 0.717) is 19.3 Å². The molecule has 0 aliphatic heterocycles. The van der Waals surface area contributed by atoms with Gasteiger partial charge < -0.3 is 0 Å². The third-order valence-corrected chi connectivity index (χ3v) is 2.93. The summed E-state index contributed by atoms with van der Waals surface area (Å²) in [5.74, 6) is -1.36. The summed E-state index contributed by atoms with van der Waals surface area (Å²) in [4.78, 5) is 33.8. The van der Waals surface area contributed by atoms with E-state index < -0.39 is 10.8 Å². The summed E-state index contributed by atoms with van der Waals surface area (Å²) in [6.07, 6.45) is 1.19. The minimum Gasteiger partial charge on any atom is -0.299 e. The molecule has 0 amide bonds. The average Bonchev–Trinajstić information content (AvgIpc) is 2.29. The summed E-state index contributed by atoms with van der Waals surface area (Å²) in [6, 6.07) is 5.95. The average molecular weight is 233 g/mol. The van der Waals surface area contributed by atoms with Crippen LogP contribution in [0.4, 0.5) is 5.69 Å². The number of Topliss-reactive ketones (excluding diaryl/α,β-unsaturated/α-hetero) is 2. The van der Waals surface area contributed by atoms with Crippen LogP contribution in [0.2, 0.25) is 0 Å². The molecule has 0 saturated heterocycles. The topological polar surface area (TPSA) is 77.3 Å². The third-order valence-electron chi connectivity index (χ3n) is 2.93. The number of benzene rings is 1. The predicted molar refractivity (Wildman–Crippen MR) is 59.7 cm³/mol. The Labute approximate surface area is 97.6 Å². The van der Waals surface area contributed by atoms with Gasteiger partial charge in [-0.25, -0.2) is 0 Å². The lowest BCUT2D eigenvalue weighted by atomic mass is 9.81. The second kappa shape index (κ2) is 4.45. The molecule has 1 aliphatic carbocycles. The zero-order valence-electron chi connectivity index (χ0n) is 9.09. The van der Waals surface area contributed by atoms with Gasteiger partial charge in [-0.1, -0.05) is 18.2 Å². The van der Waals surface area contributed by atoms with Crippen LogP contribution in [0.1, 0.15) is 30.7 Å². The fourth-order valence-corrected chi connectivity index (χ4v) is 2.15. The maximum Gasteiger partial charge on any atom is 0.273 e. The van der Waals surface area contributed by atoms with Crippen molar-refractivity contribution in [2.75, 3.05) is 0 Å². The van der Waals surface area contributed by atoms with E-state index in [-0.39, 0.29) is 22.8 Å². The minimum absolute atomic E-state index is 0.152. The first kappa shape index (κ1) is 11.4.